The van der Waals surface area contributed by atoms with Crippen LogP contribution in [-0.2, 0) is 0 Å². The van der Waals surface area contributed by atoms with Gasteiger partial charge in [-0.2, -0.15) is 0 Å². The standard InChI is InChI=1S/C16H24N2O/c1-12-5-4-6-14(13(12)2)15(19)18-9-7-16(3,11-17)8-10-18/h4-6H,7-11,17H2,1-3H3. The zero-order chi connectivity index (χ0) is 14.0. The van der Waals surface area contributed by atoms with Gasteiger partial charge in [-0.05, 0) is 55.8 Å². The number of carbonyl (C=O) groups excluding carboxylic acids is 1. The quantitative estimate of drug-likeness (QED) is 0.888. The van der Waals surface area contributed by atoms with Gasteiger partial charge in [0.2, 0.25) is 0 Å². The fraction of sp³-hybridized carbons (Fsp3) is 0.562. The molecule has 1 amide bonds. The normalized spacial score (nSPS) is 18.4. The van der Waals surface area contributed by atoms with Crippen LogP contribution < -0.4 is 5.73 Å². The van der Waals surface area contributed by atoms with Gasteiger partial charge in [0.1, 0.15) is 0 Å². The lowest BCUT2D eigenvalue weighted by Crippen LogP contribution is -2.44. The van der Waals surface area contributed by atoms with Gasteiger partial charge in [-0.15, -0.1) is 0 Å². The molecule has 1 fully saturated rings. The molecule has 1 aromatic carbocycles. The Bertz CT molecular complexity index is 474. The molecule has 19 heavy (non-hydrogen) atoms. The highest BCUT2D eigenvalue weighted by molar-refractivity contribution is 5.96. The summed E-state index contributed by atoms with van der Waals surface area (Å²) in [7, 11) is 0. The van der Waals surface area contributed by atoms with Crippen LogP contribution in [0, 0.1) is 19.3 Å². The van der Waals surface area contributed by atoms with E-state index in [9.17, 15) is 4.79 Å². The van der Waals surface area contributed by atoms with Crippen LogP contribution in [-0.4, -0.2) is 30.4 Å². The van der Waals surface area contributed by atoms with Crippen LogP contribution in [0.4, 0.5) is 0 Å². The van der Waals surface area contributed by atoms with Gasteiger partial charge in [0.15, 0.2) is 0 Å². The number of aryl methyl sites for hydroxylation is 1. The van der Waals surface area contributed by atoms with E-state index in [0.29, 0.717) is 6.54 Å². The van der Waals surface area contributed by atoms with Gasteiger partial charge in [0.05, 0.1) is 0 Å². The van der Waals surface area contributed by atoms with Crippen molar-refractivity contribution in [3.8, 4) is 0 Å². The molecular weight excluding hydrogens is 236 g/mol. The lowest BCUT2D eigenvalue weighted by Gasteiger charge is -2.38. The average molecular weight is 260 g/mol. The van der Waals surface area contributed by atoms with E-state index in [1.165, 1.54) is 5.56 Å². The molecule has 1 aliphatic rings. The van der Waals surface area contributed by atoms with Crippen LogP contribution in [0.1, 0.15) is 41.3 Å². The lowest BCUT2D eigenvalue weighted by molar-refractivity contribution is 0.0617. The van der Waals surface area contributed by atoms with E-state index >= 15 is 0 Å². The first-order valence-corrected chi connectivity index (χ1v) is 7.02. The fourth-order valence-electron chi connectivity index (χ4n) is 2.61. The zero-order valence-corrected chi connectivity index (χ0v) is 12.2. The largest absolute Gasteiger partial charge is 0.339 e. The van der Waals surface area contributed by atoms with Gasteiger partial charge in [-0.25, -0.2) is 0 Å². The van der Waals surface area contributed by atoms with Gasteiger partial charge in [0.25, 0.3) is 5.91 Å². The Morgan fingerprint density at radius 3 is 2.53 bits per heavy atom. The van der Waals surface area contributed by atoms with Crippen molar-refractivity contribution in [2.45, 2.75) is 33.6 Å². The molecule has 0 saturated carbocycles. The Balaban J connectivity index is 2.12. The summed E-state index contributed by atoms with van der Waals surface area (Å²) in [6.45, 7) is 8.63. The third-order valence-electron chi connectivity index (χ3n) is 4.59. The van der Waals surface area contributed by atoms with Crippen molar-refractivity contribution in [1.82, 2.24) is 4.90 Å². The summed E-state index contributed by atoms with van der Waals surface area (Å²) in [5.74, 6) is 0.167. The second-order valence-electron chi connectivity index (χ2n) is 6.05. The molecule has 2 rings (SSSR count). The molecule has 2 N–H and O–H groups in total. The lowest BCUT2D eigenvalue weighted by atomic mass is 9.80. The number of amides is 1. The minimum atomic E-state index is 0.167. The Morgan fingerprint density at radius 2 is 1.95 bits per heavy atom. The summed E-state index contributed by atoms with van der Waals surface area (Å²) in [5.41, 5.74) is 9.13. The van der Waals surface area contributed by atoms with E-state index in [0.717, 1.165) is 37.1 Å². The summed E-state index contributed by atoms with van der Waals surface area (Å²) < 4.78 is 0. The Labute approximate surface area is 115 Å². The first kappa shape index (κ1) is 14.1. The SMILES string of the molecule is Cc1cccc(C(=O)N2CCC(C)(CN)CC2)c1C. The van der Waals surface area contributed by atoms with E-state index in [2.05, 4.69) is 6.92 Å². The molecule has 1 heterocycles. The molecule has 0 aromatic heterocycles. The predicted molar refractivity (Wildman–Crippen MR) is 78.2 cm³/mol. The van der Waals surface area contributed by atoms with E-state index in [-0.39, 0.29) is 11.3 Å². The van der Waals surface area contributed by atoms with Gasteiger partial charge in [0, 0.05) is 18.7 Å². The maximum atomic E-state index is 12.6. The molecule has 0 radical (unpaired) electrons. The number of benzene rings is 1. The maximum absolute atomic E-state index is 12.6. The van der Waals surface area contributed by atoms with Crippen molar-refractivity contribution in [3.63, 3.8) is 0 Å². The number of hydrogen-bond donors (Lipinski definition) is 1. The number of hydrogen-bond acceptors (Lipinski definition) is 2. The molecule has 0 spiro atoms. The third-order valence-corrected chi connectivity index (χ3v) is 4.59. The van der Waals surface area contributed by atoms with Gasteiger partial charge >= 0.3 is 0 Å². The van der Waals surface area contributed by atoms with E-state index in [4.69, 9.17) is 5.73 Å². The van der Waals surface area contributed by atoms with Crippen molar-refractivity contribution in [2.75, 3.05) is 19.6 Å². The maximum Gasteiger partial charge on any atom is 0.254 e. The molecule has 1 aromatic rings. The van der Waals surface area contributed by atoms with Crippen LogP contribution in [0.2, 0.25) is 0 Å². The Kier molecular flexibility index (Phi) is 3.95. The highest BCUT2D eigenvalue weighted by Gasteiger charge is 2.31. The molecule has 1 saturated heterocycles. The van der Waals surface area contributed by atoms with Crippen LogP contribution in [0.3, 0.4) is 0 Å². The minimum Gasteiger partial charge on any atom is -0.339 e. The molecule has 0 unspecified atom stereocenters. The first-order chi connectivity index (χ1) is 8.97. The van der Waals surface area contributed by atoms with Crippen molar-refractivity contribution in [2.24, 2.45) is 11.1 Å². The first-order valence-electron chi connectivity index (χ1n) is 7.02. The molecule has 0 bridgehead atoms. The second kappa shape index (κ2) is 5.33. The summed E-state index contributed by atoms with van der Waals surface area (Å²) in [4.78, 5) is 14.5. The minimum absolute atomic E-state index is 0.167. The van der Waals surface area contributed by atoms with Crippen LogP contribution >= 0.6 is 0 Å². The molecular formula is C16H24N2O. The fourth-order valence-corrected chi connectivity index (χ4v) is 2.61. The highest BCUT2D eigenvalue weighted by Crippen LogP contribution is 2.30. The van der Waals surface area contributed by atoms with Crippen LogP contribution in [0.15, 0.2) is 18.2 Å². The van der Waals surface area contributed by atoms with Crippen molar-refractivity contribution in [1.29, 1.82) is 0 Å². The molecule has 0 aliphatic carbocycles. The number of rotatable bonds is 2. The van der Waals surface area contributed by atoms with Gasteiger partial charge in [-0.1, -0.05) is 19.1 Å². The molecule has 104 valence electrons. The Morgan fingerprint density at radius 1 is 1.32 bits per heavy atom. The third kappa shape index (κ3) is 2.81. The van der Waals surface area contributed by atoms with E-state index in [1.54, 1.807) is 0 Å². The molecule has 1 aliphatic heterocycles. The van der Waals surface area contributed by atoms with Crippen LogP contribution in [0.5, 0.6) is 0 Å². The Hall–Kier alpha value is -1.35. The summed E-state index contributed by atoms with van der Waals surface area (Å²) in [6, 6.07) is 5.94. The van der Waals surface area contributed by atoms with Crippen molar-refractivity contribution in [3.05, 3.63) is 34.9 Å². The number of carbonyl (C=O) groups is 1. The number of piperidine rings is 1. The topological polar surface area (TPSA) is 46.3 Å². The smallest absolute Gasteiger partial charge is 0.254 e. The molecule has 0 atom stereocenters. The average Bonchev–Trinajstić information content (AvgIpc) is 2.42. The highest BCUT2D eigenvalue weighted by atomic mass is 16.2. The monoisotopic (exact) mass is 260 g/mol. The molecule has 3 heteroatoms. The van der Waals surface area contributed by atoms with Gasteiger partial charge < -0.3 is 10.6 Å². The molecule has 3 nitrogen and oxygen atoms in total. The van der Waals surface area contributed by atoms with Crippen LogP contribution in [0.25, 0.3) is 0 Å². The summed E-state index contributed by atoms with van der Waals surface area (Å²) in [6.07, 6.45) is 2.00. The predicted octanol–water partition coefficient (Wildman–Crippen LogP) is 2.50. The van der Waals surface area contributed by atoms with Gasteiger partial charge in [-0.3, -0.25) is 4.79 Å². The number of likely N-dealkylation sites (tertiary alicyclic amines) is 1. The summed E-state index contributed by atoms with van der Waals surface area (Å²) >= 11 is 0. The zero-order valence-electron chi connectivity index (χ0n) is 12.2. The van der Waals surface area contributed by atoms with Crippen molar-refractivity contribution >= 4 is 5.91 Å². The number of nitrogens with zero attached hydrogens (tertiary/aromatic N) is 1. The number of nitrogens with two attached hydrogens (primary N) is 1. The van der Waals surface area contributed by atoms with E-state index < -0.39 is 0 Å². The van der Waals surface area contributed by atoms with E-state index in [1.807, 2.05) is 36.9 Å². The second-order valence-corrected chi connectivity index (χ2v) is 6.05. The van der Waals surface area contributed by atoms with Crippen molar-refractivity contribution < 1.29 is 4.79 Å². The summed E-state index contributed by atoms with van der Waals surface area (Å²) in [5, 5.41) is 0.